The fourth-order valence-electron chi connectivity index (χ4n) is 3.59. The number of hydrogen-bond donors (Lipinski definition) is 3. The topological polar surface area (TPSA) is 78.8 Å². The minimum Gasteiger partial charge on any atom is -0.490 e. The third-order valence-corrected chi connectivity index (χ3v) is 5.36. The van der Waals surface area contributed by atoms with Gasteiger partial charge in [0.1, 0.15) is 11.3 Å². The maximum Gasteiger partial charge on any atom is 0.339 e. The summed E-state index contributed by atoms with van der Waals surface area (Å²) in [5.41, 5.74) is 4.17. The third-order valence-electron chi connectivity index (χ3n) is 5.36. The Balaban J connectivity index is 1.61. The summed E-state index contributed by atoms with van der Waals surface area (Å²) in [6.07, 6.45) is 0.182. The number of carboxylic acid groups (broad SMARTS) is 1. The average molecular weight is 434 g/mol. The van der Waals surface area contributed by atoms with Gasteiger partial charge in [0.25, 0.3) is 0 Å². The number of carbonyl (C=O) groups is 1. The van der Waals surface area contributed by atoms with Crippen molar-refractivity contribution < 1.29 is 19.7 Å². The van der Waals surface area contributed by atoms with Gasteiger partial charge in [-0.05, 0) is 68.1 Å². The Hall–Kier alpha value is -3.15. The zero-order valence-electron chi connectivity index (χ0n) is 18.8. The molecule has 0 spiro atoms. The van der Waals surface area contributed by atoms with Crippen LogP contribution in [0.1, 0.15) is 48.4 Å². The Morgan fingerprint density at radius 2 is 1.59 bits per heavy atom. The van der Waals surface area contributed by atoms with Crippen LogP contribution in [0.25, 0.3) is 11.1 Å². The zero-order valence-corrected chi connectivity index (χ0v) is 18.8. The lowest BCUT2D eigenvalue weighted by molar-refractivity contribution is 0.0690. The summed E-state index contributed by atoms with van der Waals surface area (Å²) in [6, 6.07) is 23.0. The number of aliphatic hydroxyl groups excluding tert-OH is 1. The van der Waals surface area contributed by atoms with Crippen LogP contribution >= 0.6 is 0 Å². The lowest BCUT2D eigenvalue weighted by Gasteiger charge is -2.20. The summed E-state index contributed by atoms with van der Waals surface area (Å²) >= 11 is 0. The van der Waals surface area contributed by atoms with E-state index in [0.29, 0.717) is 5.75 Å². The molecule has 168 valence electrons. The number of ether oxygens (including phenoxy) is 1. The van der Waals surface area contributed by atoms with Crippen LogP contribution < -0.4 is 10.1 Å². The SMILES string of the molecule is CC(C)Oc1cc(-c2ccc(CCN[C@@H](C)[C@@H](O)c3ccccc3)cc2)ccc1C(=O)O. The van der Waals surface area contributed by atoms with Crippen LogP contribution in [0.2, 0.25) is 0 Å². The van der Waals surface area contributed by atoms with Gasteiger partial charge in [-0.2, -0.15) is 0 Å². The second-order valence-corrected chi connectivity index (χ2v) is 8.23. The summed E-state index contributed by atoms with van der Waals surface area (Å²) < 4.78 is 5.71. The first-order chi connectivity index (χ1) is 15.3. The molecule has 0 saturated heterocycles. The highest BCUT2D eigenvalue weighted by molar-refractivity contribution is 5.92. The van der Waals surface area contributed by atoms with E-state index in [0.717, 1.165) is 29.7 Å². The maximum absolute atomic E-state index is 11.5. The van der Waals surface area contributed by atoms with Crippen molar-refractivity contribution in [3.8, 4) is 16.9 Å². The smallest absolute Gasteiger partial charge is 0.339 e. The lowest BCUT2D eigenvalue weighted by Crippen LogP contribution is -2.33. The Labute approximate surface area is 189 Å². The molecule has 0 amide bonds. The minimum atomic E-state index is -0.998. The number of rotatable bonds is 10. The first kappa shape index (κ1) is 23.5. The molecule has 0 aliphatic rings. The van der Waals surface area contributed by atoms with Gasteiger partial charge in [0.15, 0.2) is 0 Å². The summed E-state index contributed by atoms with van der Waals surface area (Å²) in [5.74, 6) is -0.620. The van der Waals surface area contributed by atoms with Crippen molar-refractivity contribution in [3.05, 3.63) is 89.5 Å². The third kappa shape index (κ3) is 6.19. The van der Waals surface area contributed by atoms with Crippen molar-refractivity contribution in [3.63, 3.8) is 0 Å². The number of carboxylic acids is 1. The van der Waals surface area contributed by atoms with E-state index in [4.69, 9.17) is 4.74 Å². The Kier molecular flexibility index (Phi) is 8.03. The van der Waals surface area contributed by atoms with Gasteiger partial charge in [-0.3, -0.25) is 0 Å². The highest BCUT2D eigenvalue weighted by Crippen LogP contribution is 2.28. The molecule has 3 aromatic rings. The fourth-order valence-corrected chi connectivity index (χ4v) is 3.59. The summed E-state index contributed by atoms with van der Waals surface area (Å²) in [7, 11) is 0. The van der Waals surface area contributed by atoms with Crippen LogP contribution in [0.15, 0.2) is 72.8 Å². The predicted molar refractivity (Wildman–Crippen MR) is 127 cm³/mol. The Bertz CT molecular complexity index is 1020. The quantitative estimate of drug-likeness (QED) is 0.415. The van der Waals surface area contributed by atoms with Crippen molar-refractivity contribution >= 4 is 5.97 Å². The van der Waals surface area contributed by atoms with Crippen molar-refractivity contribution in [2.75, 3.05) is 6.54 Å². The van der Waals surface area contributed by atoms with E-state index in [1.165, 1.54) is 5.56 Å². The van der Waals surface area contributed by atoms with Crippen LogP contribution in [0.3, 0.4) is 0 Å². The molecule has 0 unspecified atom stereocenters. The van der Waals surface area contributed by atoms with Gasteiger partial charge in [-0.25, -0.2) is 4.79 Å². The molecule has 0 saturated carbocycles. The van der Waals surface area contributed by atoms with Gasteiger partial charge >= 0.3 is 5.97 Å². The molecule has 32 heavy (non-hydrogen) atoms. The molecular weight excluding hydrogens is 402 g/mol. The second-order valence-electron chi connectivity index (χ2n) is 8.23. The van der Waals surface area contributed by atoms with Crippen LogP contribution in [0.5, 0.6) is 5.75 Å². The average Bonchev–Trinajstić information content (AvgIpc) is 2.79. The maximum atomic E-state index is 11.5. The van der Waals surface area contributed by atoms with Crippen LogP contribution in [0, 0.1) is 0 Å². The number of benzene rings is 3. The van der Waals surface area contributed by atoms with Crippen molar-refractivity contribution in [1.82, 2.24) is 5.32 Å². The number of nitrogens with one attached hydrogen (secondary N) is 1. The molecule has 0 heterocycles. The monoisotopic (exact) mass is 433 g/mol. The Morgan fingerprint density at radius 1 is 0.938 bits per heavy atom. The highest BCUT2D eigenvalue weighted by atomic mass is 16.5. The van der Waals surface area contributed by atoms with Crippen molar-refractivity contribution in [2.24, 2.45) is 0 Å². The number of hydrogen-bond acceptors (Lipinski definition) is 4. The van der Waals surface area contributed by atoms with E-state index in [1.54, 1.807) is 18.2 Å². The molecule has 5 nitrogen and oxygen atoms in total. The molecule has 0 bridgehead atoms. The Morgan fingerprint density at radius 3 is 2.22 bits per heavy atom. The molecule has 0 aliphatic carbocycles. The summed E-state index contributed by atoms with van der Waals surface area (Å²) in [4.78, 5) is 11.5. The lowest BCUT2D eigenvalue weighted by atomic mass is 10.0. The fraction of sp³-hybridized carbons (Fsp3) is 0.296. The van der Waals surface area contributed by atoms with Crippen molar-refractivity contribution in [1.29, 1.82) is 0 Å². The summed E-state index contributed by atoms with van der Waals surface area (Å²) in [5, 5.41) is 23.3. The molecule has 0 aliphatic heterocycles. The van der Waals surface area contributed by atoms with E-state index in [9.17, 15) is 15.0 Å². The van der Waals surface area contributed by atoms with E-state index in [1.807, 2.05) is 63.2 Å². The zero-order chi connectivity index (χ0) is 23.1. The normalized spacial score (nSPS) is 13.0. The highest BCUT2D eigenvalue weighted by Gasteiger charge is 2.16. The first-order valence-electron chi connectivity index (χ1n) is 10.9. The molecule has 0 aromatic heterocycles. The van der Waals surface area contributed by atoms with Crippen LogP contribution in [-0.4, -0.2) is 34.9 Å². The first-order valence-corrected chi connectivity index (χ1v) is 10.9. The molecule has 3 aromatic carbocycles. The van der Waals surface area contributed by atoms with E-state index < -0.39 is 12.1 Å². The number of aliphatic hydroxyl groups is 1. The molecule has 0 radical (unpaired) electrons. The predicted octanol–water partition coefficient (Wildman–Crippen LogP) is 5.09. The van der Waals surface area contributed by atoms with Crippen LogP contribution in [0.4, 0.5) is 0 Å². The molecular formula is C27H31NO4. The molecule has 2 atom stereocenters. The van der Waals surface area contributed by atoms with E-state index in [2.05, 4.69) is 17.4 Å². The minimum absolute atomic E-state index is 0.0520. The van der Waals surface area contributed by atoms with Crippen LogP contribution in [-0.2, 0) is 6.42 Å². The van der Waals surface area contributed by atoms with Gasteiger partial charge in [-0.1, -0.05) is 60.7 Å². The van der Waals surface area contributed by atoms with E-state index in [-0.39, 0.29) is 17.7 Å². The largest absolute Gasteiger partial charge is 0.490 e. The summed E-state index contributed by atoms with van der Waals surface area (Å²) in [6.45, 7) is 6.49. The van der Waals surface area contributed by atoms with Gasteiger partial charge in [0.2, 0.25) is 0 Å². The van der Waals surface area contributed by atoms with Gasteiger partial charge in [0, 0.05) is 6.04 Å². The van der Waals surface area contributed by atoms with Crippen molar-refractivity contribution in [2.45, 2.75) is 45.4 Å². The van der Waals surface area contributed by atoms with Gasteiger partial charge in [0.05, 0.1) is 12.2 Å². The van der Waals surface area contributed by atoms with E-state index >= 15 is 0 Å². The molecule has 3 rings (SSSR count). The molecule has 0 fully saturated rings. The number of aromatic carboxylic acids is 1. The second kappa shape index (κ2) is 10.9. The standard InChI is InChI=1S/C27H31NO4/c1-18(2)32-25-17-23(13-14-24(25)27(30)31)21-11-9-20(10-12-21)15-16-28-19(3)26(29)22-7-5-4-6-8-22/h4-14,17-19,26,28-29H,15-16H2,1-3H3,(H,30,31)/t19-,26+/m0/s1. The van der Waals surface area contributed by atoms with Gasteiger partial charge in [-0.15, -0.1) is 0 Å². The molecule has 3 N–H and O–H groups in total. The molecule has 5 heteroatoms. The van der Waals surface area contributed by atoms with Gasteiger partial charge < -0.3 is 20.3 Å².